The Labute approximate surface area is 182 Å². The molecule has 4 N–H and O–H groups in total. The molecule has 0 spiro atoms. The van der Waals surface area contributed by atoms with E-state index in [2.05, 4.69) is 10.4 Å². The van der Waals surface area contributed by atoms with Crippen LogP contribution in [0, 0.1) is 0 Å². The molecule has 10 heteroatoms. The van der Waals surface area contributed by atoms with Crippen molar-refractivity contribution in [1.82, 2.24) is 9.78 Å². The summed E-state index contributed by atoms with van der Waals surface area (Å²) in [4.78, 5) is 13.7. The minimum Gasteiger partial charge on any atom is -0.374 e. The maximum atomic E-state index is 13.3. The summed E-state index contributed by atoms with van der Waals surface area (Å²) < 4.78 is 41.4. The zero-order valence-corrected chi connectivity index (χ0v) is 18.0. The minimum absolute atomic E-state index is 0.151. The first-order valence-electron chi connectivity index (χ1n) is 10.8. The number of aliphatic hydroxyl groups excluding tert-OH is 1. The molecule has 4 rings (SSSR count). The smallest absolute Gasteiger partial charge is 0.374 e. The van der Waals surface area contributed by atoms with Crippen LogP contribution >= 0.6 is 11.3 Å². The van der Waals surface area contributed by atoms with Gasteiger partial charge in [0, 0.05) is 34.7 Å². The molecule has 1 unspecified atom stereocenters. The predicted octanol–water partition coefficient (Wildman–Crippen LogP) is 4.09. The Morgan fingerprint density at radius 1 is 1.16 bits per heavy atom. The van der Waals surface area contributed by atoms with E-state index in [0.29, 0.717) is 41.1 Å². The predicted molar refractivity (Wildman–Crippen MR) is 112 cm³/mol. The lowest BCUT2D eigenvalue weighted by molar-refractivity contribution is -0.142. The highest BCUT2D eigenvalue weighted by molar-refractivity contribution is 7.16. The van der Waals surface area contributed by atoms with E-state index in [-0.39, 0.29) is 18.9 Å². The second-order valence-electron chi connectivity index (χ2n) is 8.25. The summed E-state index contributed by atoms with van der Waals surface area (Å²) in [7, 11) is 0. The van der Waals surface area contributed by atoms with Gasteiger partial charge in [-0.15, -0.1) is 11.3 Å². The summed E-state index contributed by atoms with van der Waals surface area (Å²) >= 11 is 1.46. The number of hydrogen-bond acceptors (Lipinski definition) is 5. The lowest BCUT2D eigenvalue weighted by atomic mass is 9.95. The molecule has 31 heavy (non-hydrogen) atoms. The first-order valence-corrected chi connectivity index (χ1v) is 11.6. The van der Waals surface area contributed by atoms with Gasteiger partial charge in [-0.05, 0) is 63.4 Å². The van der Waals surface area contributed by atoms with Crippen LogP contribution in [0.3, 0.4) is 0 Å². The number of nitrogens with two attached hydrogens (primary N) is 1. The Hall–Kier alpha value is -1.91. The van der Waals surface area contributed by atoms with Crippen molar-refractivity contribution >= 4 is 22.2 Å². The third-order valence-corrected chi connectivity index (χ3v) is 7.28. The molecule has 0 radical (unpaired) electrons. The van der Waals surface area contributed by atoms with Crippen molar-refractivity contribution in [2.24, 2.45) is 5.73 Å². The standard InChI is InChI=1S/C21H27F3N4O2S/c22-21(23,24)18-12-6-1-3-8-14(12)28(27-18)11-5-10-16(29)26-20-17(19(25)30)13-7-2-4-9-15(13)31-20/h19,30H,1-11,25H2,(H,26,29). The molecule has 2 aromatic rings. The van der Waals surface area contributed by atoms with E-state index < -0.39 is 18.1 Å². The second-order valence-corrected chi connectivity index (χ2v) is 9.36. The van der Waals surface area contributed by atoms with Gasteiger partial charge in [-0.2, -0.15) is 18.3 Å². The zero-order chi connectivity index (χ0) is 22.2. The summed E-state index contributed by atoms with van der Waals surface area (Å²) in [6.45, 7) is 0.263. The third-order valence-electron chi connectivity index (χ3n) is 6.06. The molecule has 0 aromatic carbocycles. The van der Waals surface area contributed by atoms with Gasteiger partial charge < -0.3 is 16.2 Å². The molecule has 6 nitrogen and oxygen atoms in total. The Morgan fingerprint density at radius 2 is 1.84 bits per heavy atom. The van der Waals surface area contributed by atoms with Crippen molar-refractivity contribution in [2.75, 3.05) is 5.32 Å². The van der Waals surface area contributed by atoms with Crippen LogP contribution in [0.2, 0.25) is 0 Å². The van der Waals surface area contributed by atoms with E-state index in [1.165, 1.54) is 16.0 Å². The van der Waals surface area contributed by atoms with Crippen LogP contribution in [-0.4, -0.2) is 20.8 Å². The average Bonchev–Trinajstić information content (AvgIpc) is 3.26. The molecule has 2 heterocycles. The number of aryl methyl sites for hydroxylation is 2. The van der Waals surface area contributed by atoms with E-state index in [4.69, 9.17) is 5.73 Å². The van der Waals surface area contributed by atoms with E-state index >= 15 is 0 Å². The number of fused-ring (bicyclic) bond motifs is 2. The normalized spacial score (nSPS) is 17.2. The Bertz CT molecular complexity index is 965. The van der Waals surface area contributed by atoms with Crippen LogP contribution in [-0.2, 0) is 43.2 Å². The van der Waals surface area contributed by atoms with Crippen LogP contribution in [0.25, 0.3) is 0 Å². The number of carbonyl (C=O) groups excluding carboxylic acids is 1. The van der Waals surface area contributed by atoms with Crippen molar-refractivity contribution in [3.63, 3.8) is 0 Å². The van der Waals surface area contributed by atoms with Gasteiger partial charge in [-0.1, -0.05) is 0 Å². The maximum Gasteiger partial charge on any atom is 0.435 e. The molecule has 2 aliphatic rings. The van der Waals surface area contributed by atoms with E-state index in [9.17, 15) is 23.1 Å². The van der Waals surface area contributed by atoms with Gasteiger partial charge in [0.05, 0.1) is 0 Å². The minimum atomic E-state index is -4.46. The monoisotopic (exact) mass is 456 g/mol. The van der Waals surface area contributed by atoms with Gasteiger partial charge in [-0.25, -0.2) is 0 Å². The number of anilines is 1. The summed E-state index contributed by atoms with van der Waals surface area (Å²) in [5.74, 6) is -0.238. The maximum absolute atomic E-state index is 13.3. The number of aliphatic hydroxyl groups is 1. The van der Waals surface area contributed by atoms with Crippen LogP contribution < -0.4 is 11.1 Å². The van der Waals surface area contributed by atoms with Crippen molar-refractivity contribution < 1.29 is 23.1 Å². The molecule has 0 saturated heterocycles. The molecule has 2 aliphatic carbocycles. The lowest BCUT2D eigenvalue weighted by Crippen LogP contribution is -2.17. The molecule has 1 atom stereocenters. The number of carbonyl (C=O) groups is 1. The second kappa shape index (κ2) is 8.91. The first kappa shape index (κ1) is 22.3. The van der Waals surface area contributed by atoms with Crippen molar-refractivity contribution in [3.05, 3.63) is 33.0 Å². The van der Waals surface area contributed by atoms with Crippen LogP contribution in [0.4, 0.5) is 18.2 Å². The van der Waals surface area contributed by atoms with Gasteiger partial charge in [-0.3, -0.25) is 9.48 Å². The zero-order valence-electron chi connectivity index (χ0n) is 17.2. The molecule has 1 amide bonds. The van der Waals surface area contributed by atoms with Gasteiger partial charge in [0.1, 0.15) is 11.2 Å². The SMILES string of the molecule is NC(O)c1c(NC(=O)CCCn2nc(C(F)(F)F)c3c2CCCC3)sc2c1CCCC2. The Balaban J connectivity index is 1.41. The fourth-order valence-corrected chi connectivity index (χ4v) is 6.00. The van der Waals surface area contributed by atoms with Gasteiger partial charge in [0.25, 0.3) is 0 Å². The quantitative estimate of drug-likeness (QED) is 0.571. The van der Waals surface area contributed by atoms with Crippen LogP contribution in [0.15, 0.2) is 0 Å². The van der Waals surface area contributed by atoms with Gasteiger partial charge in [0.15, 0.2) is 5.69 Å². The van der Waals surface area contributed by atoms with E-state index in [1.807, 2.05) is 0 Å². The van der Waals surface area contributed by atoms with E-state index in [1.54, 1.807) is 0 Å². The number of alkyl halides is 3. The number of nitrogens with zero attached hydrogens (tertiary/aromatic N) is 2. The van der Waals surface area contributed by atoms with Crippen LogP contribution in [0.1, 0.15) is 77.7 Å². The molecule has 0 fully saturated rings. The van der Waals surface area contributed by atoms with Gasteiger partial charge in [0.2, 0.25) is 5.91 Å². The highest BCUT2D eigenvalue weighted by atomic mass is 32.1. The number of hydrogen-bond donors (Lipinski definition) is 3. The highest BCUT2D eigenvalue weighted by Crippen LogP contribution is 2.40. The Morgan fingerprint density at radius 3 is 2.55 bits per heavy atom. The Kier molecular flexibility index (Phi) is 6.41. The molecule has 170 valence electrons. The van der Waals surface area contributed by atoms with Crippen LogP contribution in [0.5, 0.6) is 0 Å². The van der Waals surface area contributed by atoms with Crippen molar-refractivity contribution in [1.29, 1.82) is 0 Å². The lowest BCUT2D eigenvalue weighted by Gasteiger charge is -2.15. The molecular weight excluding hydrogens is 429 g/mol. The number of rotatable bonds is 6. The molecular formula is C21H27F3N4O2S. The third kappa shape index (κ3) is 4.65. The number of aromatic nitrogens is 2. The summed E-state index contributed by atoms with van der Waals surface area (Å²) in [5, 5.41) is 17.3. The summed E-state index contributed by atoms with van der Waals surface area (Å²) in [5.41, 5.74) is 7.58. The summed E-state index contributed by atoms with van der Waals surface area (Å²) in [6, 6.07) is 0. The molecule has 0 bridgehead atoms. The first-order chi connectivity index (χ1) is 14.8. The van der Waals surface area contributed by atoms with Crippen molar-refractivity contribution in [3.8, 4) is 0 Å². The highest BCUT2D eigenvalue weighted by Gasteiger charge is 2.39. The van der Waals surface area contributed by atoms with Crippen molar-refractivity contribution in [2.45, 2.75) is 83.2 Å². The fraction of sp³-hybridized carbons (Fsp3) is 0.619. The number of nitrogens with one attached hydrogen (secondary N) is 1. The molecule has 0 saturated carbocycles. The molecule has 0 aliphatic heterocycles. The number of thiophene rings is 1. The van der Waals surface area contributed by atoms with E-state index in [0.717, 1.165) is 49.0 Å². The topological polar surface area (TPSA) is 93.2 Å². The fourth-order valence-electron chi connectivity index (χ4n) is 4.66. The van der Waals surface area contributed by atoms with Gasteiger partial charge >= 0.3 is 6.18 Å². The average molecular weight is 457 g/mol. The number of halogens is 3. The largest absolute Gasteiger partial charge is 0.435 e. The molecule has 2 aromatic heterocycles. The number of amides is 1. The summed E-state index contributed by atoms with van der Waals surface area (Å²) in [6.07, 6.45) is 1.38.